The third kappa shape index (κ3) is 6.98. The van der Waals surface area contributed by atoms with E-state index in [0.29, 0.717) is 23.8 Å². The van der Waals surface area contributed by atoms with E-state index in [1.54, 1.807) is 7.11 Å². The highest BCUT2D eigenvalue weighted by atomic mass is 16.5. The van der Waals surface area contributed by atoms with Crippen molar-refractivity contribution in [1.82, 2.24) is 9.80 Å². The molecule has 2 aliphatic heterocycles. The van der Waals surface area contributed by atoms with Crippen molar-refractivity contribution in [3.63, 3.8) is 0 Å². The highest BCUT2D eigenvalue weighted by Gasteiger charge is 2.32. The molecule has 2 aromatic rings. The van der Waals surface area contributed by atoms with Gasteiger partial charge < -0.3 is 19.1 Å². The number of para-hydroxylation sites is 1. The highest BCUT2D eigenvalue weighted by molar-refractivity contribution is 5.97. The zero-order chi connectivity index (χ0) is 24.6. The van der Waals surface area contributed by atoms with Crippen LogP contribution < -0.4 is 9.47 Å². The molecule has 35 heavy (non-hydrogen) atoms. The second kappa shape index (κ2) is 12.4. The molecule has 2 atom stereocenters. The fourth-order valence-corrected chi connectivity index (χ4v) is 5.22. The average molecular weight is 481 g/mol. The Labute approximate surface area is 210 Å². The Balaban J connectivity index is 1.48. The molecule has 1 fully saturated rings. The van der Waals surface area contributed by atoms with Crippen LogP contribution >= 0.6 is 0 Å². The van der Waals surface area contributed by atoms with Crippen molar-refractivity contribution in [1.29, 1.82) is 0 Å². The maximum Gasteiger partial charge on any atom is 0.257 e. The van der Waals surface area contributed by atoms with Gasteiger partial charge in [-0.05, 0) is 69.5 Å². The lowest BCUT2D eigenvalue weighted by Crippen LogP contribution is -2.46. The van der Waals surface area contributed by atoms with Gasteiger partial charge in [0, 0.05) is 39.2 Å². The van der Waals surface area contributed by atoms with Gasteiger partial charge in [0.2, 0.25) is 0 Å². The number of piperidine rings is 1. The molecule has 1 saturated heterocycles. The van der Waals surface area contributed by atoms with Gasteiger partial charge in [-0.3, -0.25) is 9.69 Å². The van der Waals surface area contributed by atoms with Crippen LogP contribution in [0.1, 0.15) is 55.5 Å². The molecule has 6 nitrogen and oxygen atoms in total. The summed E-state index contributed by atoms with van der Waals surface area (Å²) in [6.07, 6.45) is 4.60. The number of carbonyl (C=O) groups excluding carboxylic acids is 1. The Morgan fingerprint density at radius 3 is 2.57 bits per heavy atom. The van der Waals surface area contributed by atoms with E-state index in [1.165, 1.54) is 5.56 Å². The minimum atomic E-state index is 0.0674. The van der Waals surface area contributed by atoms with E-state index in [2.05, 4.69) is 29.2 Å². The first-order valence-electron chi connectivity index (χ1n) is 13.1. The fraction of sp³-hybridized carbons (Fsp3) is 0.552. The highest BCUT2D eigenvalue weighted by Crippen LogP contribution is 2.28. The number of nitrogens with zero attached hydrogens (tertiary/aromatic N) is 2. The molecule has 2 aromatic carbocycles. The van der Waals surface area contributed by atoms with E-state index in [1.807, 2.05) is 43.0 Å². The van der Waals surface area contributed by atoms with Gasteiger partial charge in [0.1, 0.15) is 18.1 Å². The van der Waals surface area contributed by atoms with Crippen molar-refractivity contribution in [3.05, 3.63) is 59.7 Å². The molecule has 2 bridgehead atoms. The zero-order valence-corrected chi connectivity index (χ0v) is 21.4. The van der Waals surface area contributed by atoms with Gasteiger partial charge >= 0.3 is 0 Å². The Morgan fingerprint density at radius 1 is 1.00 bits per heavy atom. The fourth-order valence-electron chi connectivity index (χ4n) is 5.22. The normalized spacial score (nSPS) is 22.3. The average Bonchev–Trinajstić information content (AvgIpc) is 2.86. The molecule has 190 valence electrons. The summed E-state index contributed by atoms with van der Waals surface area (Å²) in [7, 11) is 1.80. The van der Waals surface area contributed by atoms with E-state index in [-0.39, 0.29) is 18.1 Å². The molecule has 0 aliphatic carbocycles. The van der Waals surface area contributed by atoms with Crippen LogP contribution in [0, 0.1) is 5.92 Å². The quantitative estimate of drug-likeness (QED) is 0.602. The van der Waals surface area contributed by atoms with Crippen LogP contribution in [0.25, 0.3) is 0 Å². The van der Waals surface area contributed by atoms with E-state index in [9.17, 15) is 4.79 Å². The van der Waals surface area contributed by atoms with Crippen molar-refractivity contribution in [2.45, 2.75) is 58.3 Å². The summed E-state index contributed by atoms with van der Waals surface area (Å²) in [5.41, 5.74) is 1.92. The monoisotopic (exact) mass is 480 g/mol. The molecule has 2 aliphatic rings. The molecule has 4 rings (SSSR count). The second-order valence-corrected chi connectivity index (χ2v) is 10.0. The van der Waals surface area contributed by atoms with Crippen LogP contribution in [-0.4, -0.2) is 67.8 Å². The minimum absolute atomic E-state index is 0.0674. The molecule has 0 aromatic heterocycles. The lowest BCUT2D eigenvalue weighted by Gasteiger charge is -2.38. The first kappa shape index (κ1) is 25.5. The maximum atomic E-state index is 13.4. The molecule has 0 radical (unpaired) electrons. The Morgan fingerprint density at radius 2 is 1.80 bits per heavy atom. The van der Waals surface area contributed by atoms with Crippen molar-refractivity contribution in [3.8, 4) is 11.5 Å². The van der Waals surface area contributed by atoms with Gasteiger partial charge in [0.15, 0.2) is 0 Å². The van der Waals surface area contributed by atoms with Gasteiger partial charge in [-0.15, -0.1) is 0 Å². The number of fused-ring (bicyclic) bond motifs is 3. The molecule has 0 unspecified atom stereocenters. The van der Waals surface area contributed by atoms with Crippen LogP contribution in [0.3, 0.4) is 0 Å². The lowest BCUT2D eigenvalue weighted by molar-refractivity contribution is -0.00702. The molecule has 1 amide bonds. The molecule has 0 saturated carbocycles. The Bertz CT molecular complexity index is 946. The zero-order valence-electron chi connectivity index (χ0n) is 21.4. The summed E-state index contributed by atoms with van der Waals surface area (Å²) in [6, 6.07) is 16.1. The molecule has 0 spiro atoms. The smallest absolute Gasteiger partial charge is 0.257 e. The minimum Gasteiger partial charge on any atom is -0.491 e. The molecular formula is C29H40N2O4. The predicted molar refractivity (Wildman–Crippen MR) is 138 cm³/mol. The molecule has 6 heteroatoms. The van der Waals surface area contributed by atoms with Crippen molar-refractivity contribution < 1.29 is 19.0 Å². The van der Waals surface area contributed by atoms with Crippen LogP contribution in [-0.2, 0) is 11.3 Å². The summed E-state index contributed by atoms with van der Waals surface area (Å²) in [5.74, 6) is 2.02. The van der Waals surface area contributed by atoms with Gasteiger partial charge in [0.05, 0.1) is 17.8 Å². The van der Waals surface area contributed by atoms with E-state index in [0.717, 1.165) is 64.2 Å². The third-order valence-electron chi connectivity index (χ3n) is 7.04. The Hall–Kier alpha value is -2.57. The summed E-state index contributed by atoms with van der Waals surface area (Å²) in [4.78, 5) is 17.8. The summed E-state index contributed by atoms with van der Waals surface area (Å²) in [6.45, 7) is 8.80. The number of rotatable bonds is 5. The van der Waals surface area contributed by atoms with Gasteiger partial charge in [-0.25, -0.2) is 0 Å². The van der Waals surface area contributed by atoms with Crippen LogP contribution in [0.4, 0.5) is 0 Å². The SMILES string of the molecule is CO[C@H]1CCN2C[C@H]1CCCCN(Cc1ccc(OC(C)C)cc1)CCOc1ccccc1C2=O. The van der Waals surface area contributed by atoms with Gasteiger partial charge in [-0.2, -0.15) is 0 Å². The number of methoxy groups -OCH3 is 1. The van der Waals surface area contributed by atoms with Crippen LogP contribution in [0.5, 0.6) is 11.5 Å². The van der Waals surface area contributed by atoms with E-state index < -0.39 is 0 Å². The second-order valence-electron chi connectivity index (χ2n) is 10.0. The van der Waals surface area contributed by atoms with Crippen molar-refractivity contribution in [2.24, 2.45) is 5.92 Å². The maximum absolute atomic E-state index is 13.4. The van der Waals surface area contributed by atoms with Crippen LogP contribution in [0.2, 0.25) is 0 Å². The number of hydrogen-bond acceptors (Lipinski definition) is 5. The number of carbonyl (C=O) groups is 1. The number of benzene rings is 2. The largest absolute Gasteiger partial charge is 0.491 e. The first-order chi connectivity index (χ1) is 17.0. The summed E-state index contributed by atoms with van der Waals surface area (Å²) < 4.78 is 17.8. The van der Waals surface area contributed by atoms with Crippen LogP contribution in [0.15, 0.2) is 48.5 Å². The van der Waals surface area contributed by atoms with Crippen molar-refractivity contribution in [2.75, 3.05) is 39.9 Å². The summed E-state index contributed by atoms with van der Waals surface area (Å²) in [5, 5.41) is 0. The van der Waals surface area contributed by atoms with E-state index in [4.69, 9.17) is 14.2 Å². The lowest BCUT2D eigenvalue weighted by atomic mass is 9.89. The summed E-state index contributed by atoms with van der Waals surface area (Å²) >= 11 is 0. The number of ether oxygens (including phenoxy) is 3. The van der Waals surface area contributed by atoms with E-state index >= 15 is 0 Å². The molecular weight excluding hydrogens is 440 g/mol. The molecule has 2 heterocycles. The molecule has 0 N–H and O–H groups in total. The number of hydrogen-bond donors (Lipinski definition) is 0. The standard InChI is InChI=1S/C29H40N2O4/c1-22(2)35-25-13-11-23(12-14-25)20-30-16-7-6-8-24-21-31(17-15-27(24)33-3)29(32)26-9-4-5-10-28(26)34-19-18-30/h4-5,9-14,22,24,27H,6-8,15-21H2,1-3H3/t24-,27+/m1/s1. The third-order valence-corrected chi connectivity index (χ3v) is 7.04. The van der Waals surface area contributed by atoms with Gasteiger partial charge in [0.25, 0.3) is 5.91 Å². The van der Waals surface area contributed by atoms with Crippen molar-refractivity contribution >= 4 is 5.91 Å². The number of amides is 1. The topological polar surface area (TPSA) is 51.2 Å². The first-order valence-corrected chi connectivity index (χ1v) is 13.1. The predicted octanol–water partition coefficient (Wildman–Crippen LogP) is 5.02. The van der Waals surface area contributed by atoms with Gasteiger partial charge in [-0.1, -0.05) is 30.7 Å². The Kier molecular flexibility index (Phi) is 9.05.